The first kappa shape index (κ1) is 22.6. The molecule has 2 aromatic carbocycles. The van der Waals surface area contributed by atoms with Crippen molar-refractivity contribution in [3.05, 3.63) is 59.2 Å². The van der Waals surface area contributed by atoms with Gasteiger partial charge in [0.15, 0.2) is 17.5 Å². The lowest BCUT2D eigenvalue weighted by Gasteiger charge is -2.14. The second-order valence-corrected chi connectivity index (χ2v) is 6.58. The van der Waals surface area contributed by atoms with Crippen LogP contribution in [-0.4, -0.2) is 40.4 Å². The van der Waals surface area contributed by atoms with Gasteiger partial charge in [-0.1, -0.05) is 30.3 Å². The van der Waals surface area contributed by atoms with Crippen LogP contribution < -0.4 is 20.1 Å². The lowest BCUT2D eigenvalue weighted by Crippen LogP contribution is -2.37. The second-order valence-electron chi connectivity index (χ2n) is 6.58. The molecule has 0 saturated carbocycles. The number of guanidine groups is 1. The first-order chi connectivity index (χ1) is 14.2. The predicted molar refractivity (Wildman–Crippen MR) is 118 cm³/mol. The molecule has 0 saturated heterocycles. The fourth-order valence-corrected chi connectivity index (χ4v) is 3.07. The number of hydrogen-bond acceptors (Lipinski definition) is 4. The standard InChI is InChI=1S/C23H33N3O3/c1-5-29-22-15-18(12-13-21(22)28-4)9-8-14-25-23(24-2)26-16-19-10-6-7-11-20(19)17-27-3/h6-7,10-13,15H,5,8-9,14,16-17H2,1-4H3,(H2,24,25,26). The molecule has 0 atom stereocenters. The summed E-state index contributed by atoms with van der Waals surface area (Å²) in [6, 6.07) is 14.4. The molecule has 0 unspecified atom stereocenters. The number of benzene rings is 2. The summed E-state index contributed by atoms with van der Waals surface area (Å²) in [6.45, 7) is 4.74. The van der Waals surface area contributed by atoms with Crippen molar-refractivity contribution >= 4 is 5.96 Å². The zero-order valence-electron chi connectivity index (χ0n) is 18.0. The number of nitrogens with zero attached hydrogens (tertiary/aromatic N) is 1. The van der Waals surface area contributed by atoms with Crippen LogP contribution in [-0.2, 0) is 24.3 Å². The molecule has 0 fully saturated rings. The largest absolute Gasteiger partial charge is 0.493 e. The Bertz CT molecular complexity index is 778. The molecule has 0 aliphatic heterocycles. The van der Waals surface area contributed by atoms with E-state index in [9.17, 15) is 0 Å². The highest BCUT2D eigenvalue weighted by atomic mass is 16.5. The highest BCUT2D eigenvalue weighted by Gasteiger charge is 2.06. The van der Waals surface area contributed by atoms with Crippen LogP contribution in [0.5, 0.6) is 11.5 Å². The van der Waals surface area contributed by atoms with Gasteiger partial charge in [-0.2, -0.15) is 0 Å². The number of rotatable bonds is 11. The molecule has 0 aromatic heterocycles. The Kier molecular flexibility index (Phi) is 9.86. The van der Waals surface area contributed by atoms with Crippen molar-refractivity contribution in [1.82, 2.24) is 10.6 Å². The molecular weight excluding hydrogens is 366 g/mol. The van der Waals surface area contributed by atoms with Crippen LogP contribution in [0.25, 0.3) is 0 Å². The van der Waals surface area contributed by atoms with Gasteiger partial charge in [-0.05, 0) is 48.6 Å². The summed E-state index contributed by atoms with van der Waals surface area (Å²) in [5.74, 6) is 2.36. The third-order valence-electron chi connectivity index (χ3n) is 4.55. The second kappa shape index (κ2) is 12.7. The third kappa shape index (κ3) is 7.31. The molecule has 2 N–H and O–H groups in total. The molecule has 0 radical (unpaired) electrons. The first-order valence-electron chi connectivity index (χ1n) is 10.0. The molecule has 6 nitrogen and oxygen atoms in total. The van der Waals surface area contributed by atoms with Crippen molar-refractivity contribution in [2.45, 2.75) is 32.9 Å². The molecule has 0 spiro atoms. The fraction of sp³-hybridized carbons (Fsp3) is 0.435. The smallest absolute Gasteiger partial charge is 0.191 e. The Morgan fingerprint density at radius 3 is 2.48 bits per heavy atom. The maximum atomic E-state index is 5.65. The van der Waals surface area contributed by atoms with Crippen LogP contribution in [0, 0.1) is 0 Å². The zero-order chi connectivity index (χ0) is 20.9. The van der Waals surface area contributed by atoms with E-state index in [4.69, 9.17) is 14.2 Å². The van der Waals surface area contributed by atoms with Gasteiger partial charge in [-0.25, -0.2) is 0 Å². The SMILES string of the molecule is CCOc1cc(CCCNC(=NC)NCc2ccccc2COC)ccc1OC. The van der Waals surface area contributed by atoms with E-state index >= 15 is 0 Å². The summed E-state index contributed by atoms with van der Waals surface area (Å²) in [6.07, 6.45) is 1.93. The van der Waals surface area contributed by atoms with Gasteiger partial charge in [0.25, 0.3) is 0 Å². The van der Waals surface area contributed by atoms with Crippen LogP contribution in [0.3, 0.4) is 0 Å². The Morgan fingerprint density at radius 1 is 1.00 bits per heavy atom. The van der Waals surface area contributed by atoms with Gasteiger partial charge < -0.3 is 24.8 Å². The van der Waals surface area contributed by atoms with Gasteiger partial charge >= 0.3 is 0 Å². The summed E-state index contributed by atoms with van der Waals surface area (Å²) in [5, 5.41) is 6.75. The van der Waals surface area contributed by atoms with Crippen molar-refractivity contribution < 1.29 is 14.2 Å². The van der Waals surface area contributed by atoms with Gasteiger partial charge in [0, 0.05) is 27.2 Å². The Hall–Kier alpha value is -2.73. The van der Waals surface area contributed by atoms with Crippen LogP contribution in [0.4, 0.5) is 0 Å². The van der Waals surface area contributed by atoms with Crippen LogP contribution in [0.2, 0.25) is 0 Å². The molecule has 0 heterocycles. The van der Waals surface area contributed by atoms with E-state index in [0.717, 1.165) is 36.8 Å². The molecule has 0 bridgehead atoms. The summed E-state index contributed by atoms with van der Waals surface area (Å²) in [5.41, 5.74) is 3.62. The maximum Gasteiger partial charge on any atom is 0.191 e. The molecule has 0 amide bonds. The average molecular weight is 400 g/mol. The normalized spacial score (nSPS) is 11.2. The van der Waals surface area contributed by atoms with Gasteiger partial charge in [0.05, 0.1) is 20.3 Å². The molecule has 2 aromatic rings. The number of ether oxygens (including phenoxy) is 3. The van der Waals surface area contributed by atoms with Gasteiger partial charge in [-0.3, -0.25) is 4.99 Å². The van der Waals surface area contributed by atoms with E-state index in [0.29, 0.717) is 19.8 Å². The lowest BCUT2D eigenvalue weighted by atomic mass is 10.1. The molecule has 0 aliphatic rings. The van der Waals surface area contributed by atoms with Crippen molar-refractivity contribution in [3.63, 3.8) is 0 Å². The van der Waals surface area contributed by atoms with E-state index in [2.05, 4.69) is 39.9 Å². The van der Waals surface area contributed by atoms with Crippen molar-refractivity contribution in [1.29, 1.82) is 0 Å². The average Bonchev–Trinajstić information content (AvgIpc) is 2.75. The van der Waals surface area contributed by atoms with Crippen molar-refractivity contribution in [2.75, 3.05) is 34.4 Å². The minimum Gasteiger partial charge on any atom is -0.493 e. The summed E-state index contributed by atoms with van der Waals surface area (Å²) < 4.78 is 16.3. The monoisotopic (exact) mass is 399 g/mol. The summed E-state index contributed by atoms with van der Waals surface area (Å²) in [4.78, 5) is 4.31. The topological polar surface area (TPSA) is 64.1 Å². The van der Waals surface area contributed by atoms with E-state index in [1.54, 1.807) is 21.3 Å². The summed E-state index contributed by atoms with van der Waals surface area (Å²) in [7, 11) is 5.16. The highest BCUT2D eigenvalue weighted by molar-refractivity contribution is 5.79. The quantitative estimate of drug-likeness (QED) is 0.344. The first-order valence-corrected chi connectivity index (χ1v) is 10.0. The number of hydrogen-bond donors (Lipinski definition) is 2. The Labute approximate surface area is 174 Å². The number of methoxy groups -OCH3 is 2. The van der Waals surface area contributed by atoms with Gasteiger partial charge in [0.1, 0.15) is 0 Å². The minimum atomic E-state index is 0.607. The van der Waals surface area contributed by atoms with Gasteiger partial charge in [-0.15, -0.1) is 0 Å². The number of nitrogens with one attached hydrogen (secondary N) is 2. The molecular formula is C23H33N3O3. The lowest BCUT2D eigenvalue weighted by molar-refractivity contribution is 0.184. The Balaban J connectivity index is 1.80. The molecule has 0 aliphatic carbocycles. The molecule has 2 rings (SSSR count). The van der Waals surface area contributed by atoms with Crippen LogP contribution in [0.15, 0.2) is 47.5 Å². The number of aliphatic imine (C=N–C) groups is 1. The van der Waals surface area contributed by atoms with Gasteiger partial charge in [0.2, 0.25) is 0 Å². The van der Waals surface area contributed by atoms with Crippen LogP contribution in [0.1, 0.15) is 30.0 Å². The Morgan fingerprint density at radius 2 is 1.79 bits per heavy atom. The fourth-order valence-electron chi connectivity index (χ4n) is 3.07. The van der Waals surface area contributed by atoms with E-state index in [1.165, 1.54) is 16.7 Å². The summed E-state index contributed by atoms with van der Waals surface area (Å²) >= 11 is 0. The van der Waals surface area contributed by atoms with Crippen molar-refractivity contribution in [2.24, 2.45) is 4.99 Å². The van der Waals surface area contributed by atoms with E-state index in [-0.39, 0.29) is 0 Å². The molecule has 29 heavy (non-hydrogen) atoms. The predicted octanol–water partition coefficient (Wildman–Crippen LogP) is 3.54. The highest BCUT2D eigenvalue weighted by Crippen LogP contribution is 2.28. The maximum absolute atomic E-state index is 5.65. The zero-order valence-corrected chi connectivity index (χ0v) is 18.0. The third-order valence-corrected chi connectivity index (χ3v) is 4.55. The molecule has 6 heteroatoms. The van der Waals surface area contributed by atoms with E-state index in [1.807, 2.05) is 25.1 Å². The van der Waals surface area contributed by atoms with Crippen molar-refractivity contribution in [3.8, 4) is 11.5 Å². The van der Waals surface area contributed by atoms with Crippen LogP contribution >= 0.6 is 0 Å². The minimum absolute atomic E-state index is 0.607. The molecule has 158 valence electrons. The number of aryl methyl sites for hydroxylation is 1. The van der Waals surface area contributed by atoms with E-state index < -0.39 is 0 Å².